The van der Waals surface area contributed by atoms with Crippen molar-refractivity contribution < 1.29 is 4.79 Å². The van der Waals surface area contributed by atoms with Gasteiger partial charge in [0.05, 0.1) is 38.4 Å². The van der Waals surface area contributed by atoms with Crippen molar-refractivity contribution >= 4 is 52.2 Å². The number of nitrogen functional groups attached to an aromatic ring is 1. The minimum Gasteiger partial charge on any atom is -0.397 e. The van der Waals surface area contributed by atoms with E-state index in [-0.39, 0.29) is 11.7 Å². The average Bonchev–Trinajstić information content (AvgIpc) is 2.43. The molecule has 0 aliphatic carbocycles. The fourth-order valence-electron chi connectivity index (χ4n) is 1.40. The summed E-state index contributed by atoms with van der Waals surface area (Å²) in [6, 6.07) is 8.57. The number of carbonyl (C=O) groups excluding carboxylic acids is 1. The van der Waals surface area contributed by atoms with Crippen LogP contribution in [-0.2, 0) is 4.79 Å². The van der Waals surface area contributed by atoms with Gasteiger partial charge in [-0.1, -0.05) is 41.0 Å². The number of benzene rings is 1. The lowest BCUT2D eigenvalue weighted by atomic mass is 10.3. The molecule has 0 bridgehead atoms. The fourth-order valence-corrected chi connectivity index (χ4v) is 2.39. The van der Waals surface area contributed by atoms with E-state index in [9.17, 15) is 4.79 Å². The Morgan fingerprint density at radius 2 is 2.10 bits per heavy atom. The Hall–Kier alpha value is -1.43. The number of thioether (sulfide) groups is 1. The highest BCUT2D eigenvalue weighted by Crippen LogP contribution is 2.29. The summed E-state index contributed by atoms with van der Waals surface area (Å²) in [7, 11) is 0. The van der Waals surface area contributed by atoms with Crippen molar-refractivity contribution in [3.8, 4) is 0 Å². The van der Waals surface area contributed by atoms with E-state index in [1.807, 2.05) is 0 Å². The van der Waals surface area contributed by atoms with Gasteiger partial charge in [-0.3, -0.25) is 4.79 Å². The van der Waals surface area contributed by atoms with Crippen molar-refractivity contribution in [3.63, 3.8) is 0 Å². The molecule has 1 amide bonds. The van der Waals surface area contributed by atoms with Gasteiger partial charge in [-0.25, -0.2) is 4.98 Å². The van der Waals surface area contributed by atoms with Crippen LogP contribution in [0.2, 0.25) is 10.0 Å². The first-order valence-corrected chi connectivity index (χ1v) is 7.38. The summed E-state index contributed by atoms with van der Waals surface area (Å²) in [6.45, 7) is 0. The van der Waals surface area contributed by atoms with E-state index < -0.39 is 0 Å². The van der Waals surface area contributed by atoms with Gasteiger partial charge in [0.1, 0.15) is 0 Å². The maximum atomic E-state index is 11.8. The van der Waals surface area contributed by atoms with Crippen LogP contribution in [0.4, 0.5) is 11.4 Å². The molecular formula is C13H11Cl2N3OS. The third kappa shape index (κ3) is 4.03. The maximum absolute atomic E-state index is 11.8. The second-order valence-electron chi connectivity index (χ2n) is 3.87. The van der Waals surface area contributed by atoms with E-state index in [1.165, 1.54) is 11.8 Å². The summed E-state index contributed by atoms with van der Waals surface area (Å²) < 4.78 is 0. The molecule has 0 aliphatic heterocycles. The molecule has 4 nitrogen and oxygen atoms in total. The summed E-state index contributed by atoms with van der Waals surface area (Å²) in [4.78, 5) is 15.9. The smallest absolute Gasteiger partial charge is 0.234 e. The van der Waals surface area contributed by atoms with E-state index in [1.54, 1.807) is 36.5 Å². The number of anilines is 2. The van der Waals surface area contributed by atoms with Crippen LogP contribution in [0.15, 0.2) is 41.6 Å². The van der Waals surface area contributed by atoms with Crippen LogP contribution in [0.5, 0.6) is 0 Å². The van der Waals surface area contributed by atoms with Gasteiger partial charge in [0, 0.05) is 0 Å². The first-order chi connectivity index (χ1) is 9.56. The monoisotopic (exact) mass is 327 g/mol. The largest absolute Gasteiger partial charge is 0.397 e. The highest BCUT2D eigenvalue weighted by molar-refractivity contribution is 7.99. The minimum atomic E-state index is -0.183. The topological polar surface area (TPSA) is 68.0 Å². The van der Waals surface area contributed by atoms with E-state index in [2.05, 4.69) is 10.3 Å². The molecule has 20 heavy (non-hydrogen) atoms. The molecule has 0 atom stereocenters. The number of nitrogens with zero attached hydrogens (tertiary/aromatic N) is 1. The highest BCUT2D eigenvalue weighted by atomic mass is 35.5. The van der Waals surface area contributed by atoms with Gasteiger partial charge in [-0.2, -0.15) is 0 Å². The summed E-state index contributed by atoms with van der Waals surface area (Å²) in [5.74, 6) is 0.0394. The van der Waals surface area contributed by atoms with Gasteiger partial charge >= 0.3 is 0 Å². The van der Waals surface area contributed by atoms with Gasteiger partial charge < -0.3 is 11.1 Å². The lowest BCUT2D eigenvalue weighted by Gasteiger charge is -2.07. The summed E-state index contributed by atoms with van der Waals surface area (Å²) in [5.41, 5.74) is 6.62. The number of nitrogens with one attached hydrogen (secondary N) is 1. The average molecular weight is 328 g/mol. The fraction of sp³-hybridized carbons (Fsp3) is 0.0769. The van der Waals surface area contributed by atoms with Crippen molar-refractivity contribution in [2.75, 3.05) is 16.8 Å². The van der Waals surface area contributed by atoms with Crippen LogP contribution in [-0.4, -0.2) is 16.6 Å². The van der Waals surface area contributed by atoms with E-state index in [0.717, 1.165) is 5.03 Å². The number of aromatic nitrogens is 1. The molecule has 0 unspecified atom stereocenters. The Balaban J connectivity index is 1.92. The van der Waals surface area contributed by atoms with E-state index in [0.29, 0.717) is 21.4 Å². The lowest BCUT2D eigenvalue weighted by molar-refractivity contribution is -0.113. The molecule has 0 saturated heterocycles. The molecule has 1 heterocycles. The molecule has 0 saturated carbocycles. The first-order valence-electron chi connectivity index (χ1n) is 5.64. The molecule has 1 aromatic carbocycles. The first kappa shape index (κ1) is 15.0. The standard InChI is InChI=1S/C13H11Cl2N3OS/c14-9-2-1-3-10(13(9)15)18-11(19)7-20-12-5-4-8(16)6-17-12/h1-6H,7,16H2,(H,18,19). The van der Waals surface area contributed by atoms with Gasteiger partial charge in [0.25, 0.3) is 0 Å². The van der Waals surface area contributed by atoms with Crippen molar-refractivity contribution in [3.05, 3.63) is 46.6 Å². The predicted molar refractivity (Wildman–Crippen MR) is 84.5 cm³/mol. The van der Waals surface area contributed by atoms with E-state index >= 15 is 0 Å². The third-order valence-electron chi connectivity index (χ3n) is 2.34. The number of amides is 1. The summed E-state index contributed by atoms with van der Waals surface area (Å²) in [6.07, 6.45) is 1.55. The molecule has 0 radical (unpaired) electrons. The second-order valence-corrected chi connectivity index (χ2v) is 5.65. The van der Waals surface area contributed by atoms with Crippen LogP contribution >= 0.6 is 35.0 Å². The maximum Gasteiger partial charge on any atom is 0.234 e. The molecule has 7 heteroatoms. The Labute approximate surface area is 130 Å². The Bertz CT molecular complexity index is 620. The number of pyridine rings is 1. The minimum absolute atomic E-state index is 0.183. The third-order valence-corrected chi connectivity index (χ3v) is 4.10. The Kier molecular flexibility index (Phi) is 5.11. The van der Waals surface area contributed by atoms with E-state index in [4.69, 9.17) is 28.9 Å². The molecular weight excluding hydrogens is 317 g/mol. The zero-order chi connectivity index (χ0) is 14.5. The molecule has 0 fully saturated rings. The molecule has 104 valence electrons. The predicted octanol–water partition coefficient (Wildman–Crippen LogP) is 3.70. The second kappa shape index (κ2) is 6.83. The number of carbonyl (C=O) groups is 1. The van der Waals surface area contributed by atoms with Gasteiger partial charge in [-0.05, 0) is 24.3 Å². The quantitative estimate of drug-likeness (QED) is 0.840. The van der Waals surface area contributed by atoms with Crippen molar-refractivity contribution in [1.82, 2.24) is 4.98 Å². The van der Waals surface area contributed by atoms with Crippen LogP contribution in [0.3, 0.4) is 0 Å². The summed E-state index contributed by atoms with van der Waals surface area (Å²) >= 11 is 13.2. The van der Waals surface area contributed by atoms with Crippen LogP contribution < -0.4 is 11.1 Å². The van der Waals surface area contributed by atoms with Crippen molar-refractivity contribution in [2.24, 2.45) is 0 Å². The molecule has 2 rings (SSSR count). The number of halogens is 2. The molecule has 2 aromatic rings. The Morgan fingerprint density at radius 1 is 1.30 bits per heavy atom. The number of hydrogen-bond donors (Lipinski definition) is 2. The van der Waals surface area contributed by atoms with Crippen LogP contribution in [0.25, 0.3) is 0 Å². The molecule has 0 spiro atoms. The van der Waals surface area contributed by atoms with Crippen LogP contribution in [0, 0.1) is 0 Å². The van der Waals surface area contributed by atoms with Gasteiger partial charge in [0.2, 0.25) is 5.91 Å². The zero-order valence-electron chi connectivity index (χ0n) is 10.3. The van der Waals surface area contributed by atoms with Crippen molar-refractivity contribution in [1.29, 1.82) is 0 Å². The van der Waals surface area contributed by atoms with Crippen molar-refractivity contribution in [2.45, 2.75) is 5.03 Å². The summed E-state index contributed by atoms with van der Waals surface area (Å²) in [5, 5.41) is 4.16. The number of nitrogens with two attached hydrogens (primary N) is 1. The molecule has 0 aliphatic rings. The Morgan fingerprint density at radius 3 is 2.80 bits per heavy atom. The SMILES string of the molecule is Nc1ccc(SCC(=O)Nc2cccc(Cl)c2Cl)nc1. The lowest BCUT2D eigenvalue weighted by Crippen LogP contribution is -2.14. The number of hydrogen-bond acceptors (Lipinski definition) is 4. The van der Waals surface area contributed by atoms with Gasteiger partial charge in [0.15, 0.2) is 0 Å². The van der Waals surface area contributed by atoms with Gasteiger partial charge in [-0.15, -0.1) is 0 Å². The molecule has 3 N–H and O–H groups in total. The zero-order valence-corrected chi connectivity index (χ0v) is 12.6. The normalized spacial score (nSPS) is 10.3. The number of rotatable bonds is 4. The molecule has 1 aromatic heterocycles. The van der Waals surface area contributed by atoms with Crippen LogP contribution in [0.1, 0.15) is 0 Å². The highest BCUT2D eigenvalue weighted by Gasteiger charge is 2.09.